The van der Waals surface area contributed by atoms with Crippen LogP contribution >= 0.6 is 11.6 Å². The molecule has 1 aliphatic carbocycles. The first-order valence-corrected chi connectivity index (χ1v) is 5.19. The number of allylic oxidation sites excluding steroid dienone is 2. The van der Waals surface area contributed by atoms with E-state index in [1.165, 1.54) is 0 Å². The van der Waals surface area contributed by atoms with Gasteiger partial charge in [-0.2, -0.15) is 0 Å². The molecule has 2 heteroatoms. The summed E-state index contributed by atoms with van der Waals surface area (Å²) in [4.78, 5) is 0. The highest BCUT2D eigenvalue weighted by Crippen LogP contribution is 2.33. The molecule has 1 nitrogen and oxygen atoms in total. The van der Waals surface area contributed by atoms with E-state index in [0.29, 0.717) is 5.92 Å². The van der Waals surface area contributed by atoms with Gasteiger partial charge in [-0.15, -0.1) is 11.6 Å². The standard InChI is InChI=1S/C11H17ClO/c1-8(2)10-5-4-9(3)6-11(10,13)7-12/h4-6,8,10,13H,7H2,1-3H3. The Kier molecular flexibility index (Phi) is 3.20. The van der Waals surface area contributed by atoms with Crippen molar-refractivity contribution in [2.45, 2.75) is 26.4 Å². The lowest BCUT2D eigenvalue weighted by molar-refractivity contribution is 0.0483. The molecule has 0 bridgehead atoms. The average Bonchev–Trinajstić information content (AvgIpc) is 2.03. The van der Waals surface area contributed by atoms with E-state index in [0.717, 1.165) is 5.57 Å². The molecule has 74 valence electrons. The molecule has 1 aliphatic rings. The zero-order valence-electron chi connectivity index (χ0n) is 8.42. The Labute approximate surface area is 85.1 Å². The van der Waals surface area contributed by atoms with Gasteiger partial charge in [-0.1, -0.05) is 31.6 Å². The Morgan fingerprint density at radius 3 is 2.69 bits per heavy atom. The second kappa shape index (κ2) is 3.85. The molecule has 0 saturated carbocycles. The molecule has 13 heavy (non-hydrogen) atoms. The van der Waals surface area contributed by atoms with Crippen LogP contribution in [0.15, 0.2) is 23.8 Å². The van der Waals surface area contributed by atoms with Crippen LogP contribution in [0.4, 0.5) is 0 Å². The lowest BCUT2D eigenvalue weighted by Gasteiger charge is -2.35. The zero-order valence-corrected chi connectivity index (χ0v) is 9.17. The third-order valence-electron chi connectivity index (χ3n) is 2.55. The molecular formula is C11H17ClO. The largest absolute Gasteiger partial charge is 0.384 e. The lowest BCUT2D eigenvalue weighted by atomic mass is 9.77. The van der Waals surface area contributed by atoms with Crippen molar-refractivity contribution in [1.82, 2.24) is 0 Å². The highest BCUT2D eigenvalue weighted by Gasteiger charge is 2.35. The van der Waals surface area contributed by atoms with Crippen LogP contribution < -0.4 is 0 Å². The summed E-state index contributed by atoms with van der Waals surface area (Å²) in [7, 11) is 0. The van der Waals surface area contributed by atoms with Gasteiger partial charge in [0.05, 0.1) is 5.88 Å². The van der Waals surface area contributed by atoms with Crippen molar-refractivity contribution in [3.05, 3.63) is 23.8 Å². The third kappa shape index (κ3) is 2.15. The first-order valence-electron chi connectivity index (χ1n) is 4.65. The molecule has 0 aromatic carbocycles. The van der Waals surface area contributed by atoms with E-state index in [1.54, 1.807) is 0 Å². The molecule has 1 N–H and O–H groups in total. The van der Waals surface area contributed by atoms with Crippen LogP contribution in [-0.4, -0.2) is 16.6 Å². The molecule has 0 amide bonds. The molecule has 0 radical (unpaired) electrons. The van der Waals surface area contributed by atoms with Gasteiger partial charge in [-0.25, -0.2) is 0 Å². The zero-order chi connectivity index (χ0) is 10.1. The average molecular weight is 201 g/mol. The van der Waals surface area contributed by atoms with Gasteiger partial charge >= 0.3 is 0 Å². The van der Waals surface area contributed by atoms with Gasteiger partial charge in [0.2, 0.25) is 0 Å². The summed E-state index contributed by atoms with van der Waals surface area (Å²) >= 11 is 5.80. The minimum Gasteiger partial charge on any atom is -0.384 e. The highest BCUT2D eigenvalue weighted by molar-refractivity contribution is 6.18. The third-order valence-corrected chi connectivity index (χ3v) is 2.98. The predicted octanol–water partition coefficient (Wildman–Crippen LogP) is 2.74. The van der Waals surface area contributed by atoms with Gasteiger partial charge in [-0.3, -0.25) is 0 Å². The number of alkyl halides is 1. The van der Waals surface area contributed by atoms with Crippen LogP contribution in [0.5, 0.6) is 0 Å². The topological polar surface area (TPSA) is 20.2 Å². The van der Waals surface area contributed by atoms with Crippen LogP contribution in [0.3, 0.4) is 0 Å². The SMILES string of the molecule is CC1=CC(O)(CCl)C(C(C)C)C=C1. The van der Waals surface area contributed by atoms with Crippen molar-refractivity contribution >= 4 is 11.6 Å². The number of hydrogen-bond donors (Lipinski definition) is 1. The minimum absolute atomic E-state index is 0.133. The van der Waals surface area contributed by atoms with E-state index in [1.807, 2.05) is 19.1 Å². The number of aliphatic hydroxyl groups is 1. The Balaban J connectivity index is 2.94. The quantitative estimate of drug-likeness (QED) is 0.680. The molecule has 0 aromatic rings. The van der Waals surface area contributed by atoms with Crippen LogP contribution in [0, 0.1) is 11.8 Å². The summed E-state index contributed by atoms with van der Waals surface area (Å²) in [5, 5.41) is 10.2. The fraction of sp³-hybridized carbons (Fsp3) is 0.636. The number of hydrogen-bond acceptors (Lipinski definition) is 1. The van der Waals surface area contributed by atoms with E-state index in [4.69, 9.17) is 11.6 Å². The summed E-state index contributed by atoms with van der Waals surface area (Å²) in [6.07, 6.45) is 5.97. The molecule has 0 fully saturated rings. The maximum absolute atomic E-state index is 10.2. The Morgan fingerprint density at radius 2 is 2.23 bits per heavy atom. The van der Waals surface area contributed by atoms with Gasteiger partial charge in [0, 0.05) is 5.92 Å². The van der Waals surface area contributed by atoms with Crippen molar-refractivity contribution in [2.75, 3.05) is 5.88 Å². The normalized spacial score (nSPS) is 33.7. The summed E-state index contributed by atoms with van der Waals surface area (Å²) in [6, 6.07) is 0. The second-order valence-corrected chi connectivity index (χ2v) is 4.41. The summed E-state index contributed by atoms with van der Waals surface area (Å²) < 4.78 is 0. The number of rotatable bonds is 2. The lowest BCUT2D eigenvalue weighted by Crippen LogP contribution is -2.41. The van der Waals surface area contributed by atoms with Crippen LogP contribution in [0.2, 0.25) is 0 Å². The first-order chi connectivity index (χ1) is 5.99. The molecule has 2 unspecified atom stereocenters. The second-order valence-electron chi connectivity index (χ2n) is 4.14. The predicted molar refractivity (Wildman–Crippen MR) is 56.9 cm³/mol. The molecule has 0 saturated heterocycles. The molecule has 0 heterocycles. The van der Waals surface area contributed by atoms with E-state index in [-0.39, 0.29) is 11.8 Å². The Bertz CT molecular complexity index is 242. The maximum Gasteiger partial charge on any atom is 0.103 e. The van der Waals surface area contributed by atoms with Crippen molar-refractivity contribution in [2.24, 2.45) is 11.8 Å². The Morgan fingerprint density at radius 1 is 1.62 bits per heavy atom. The molecule has 0 spiro atoms. The number of halogens is 1. The fourth-order valence-corrected chi connectivity index (χ4v) is 2.14. The van der Waals surface area contributed by atoms with E-state index >= 15 is 0 Å². The van der Waals surface area contributed by atoms with Gasteiger partial charge < -0.3 is 5.11 Å². The highest BCUT2D eigenvalue weighted by atomic mass is 35.5. The molecule has 0 aliphatic heterocycles. The van der Waals surface area contributed by atoms with Gasteiger partial charge in [0.1, 0.15) is 5.60 Å². The van der Waals surface area contributed by atoms with Crippen LogP contribution in [0.1, 0.15) is 20.8 Å². The monoisotopic (exact) mass is 200 g/mol. The van der Waals surface area contributed by atoms with E-state index in [9.17, 15) is 5.11 Å². The first kappa shape index (κ1) is 10.8. The fourth-order valence-electron chi connectivity index (χ4n) is 1.89. The molecule has 1 rings (SSSR count). The van der Waals surface area contributed by atoms with Crippen molar-refractivity contribution in [1.29, 1.82) is 0 Å². The van der Waals surface area contributed by atoms with Gasteiger partial charge in [-0.05, 0) is 18.9 Å². The molecule has 2 atom stereocenters. The summed E-state index contributed by atoms with van der Waals surface area (Å²) in [5.74, 6) is 0.801. The Hall–Kier alpha value is -0.270. The maximum atomic E-state index is 10.2. The molecular weight excluding hydrogens is 184 g/mol. The van der Waals surface area contributed by atoms with Crippen molar-refractivity contribution < 1.29 is 5.11 Å². The summed E-state index contributed by atoms with van der Waals surface area (Å²) in [6.45, 7) is 6.17. The molecule has 0 aromatic heterocycles. The van der Waals surface area contributed by atoms with Crippen LogP contribution in [0.25, 0.3) is 0 Å². The van der Waals surface area contributed by atoms with E-state index in [2.05, 4.69) is 19.9 Å². The smallest absolute Gasteiger partial charge is 0.103 e. The van der Waals surface area contributed by atoms with Crippen molar-refractivity contribution in [3.8, 4) is 0 Å². The minimum atomic E-state index is -0.853. The van der Waals surface area contributed by atoms with Gasteiger partial charge in [0.25, 0.3) is 0 Å². The van der Waals surface area contributed by atoms with E-state index < -0.39 is 5.60 Å². The summed E-state index contributed by atoms with van der Waals surface area (Å²) in [5.41, 5.74) is 0.231. The van der Waals surface area contributed by atoms with Gasteiger partial charge in [0.15, 0.2) is 0 Å². The van der Waals surface area contributed by atoms with Crippen LogP contribution in [-0.2, 0) is 0 Å². The van der Waals surface area contributed by atoms with Crippen molar-refractivity contribution in [3.63, 3.8) is 0 Å².